The van der Waals surface area contributed by atoms with Crippen LogP contribution in [-0.4, -0.2) is 45.2 Å². The third-order valence-electron chi connectivity index (χ3n) is 5.90. The molecule has 0 bridgehead atoms. The Morgan fingerprint density at radius 1 is 1.24 bits per heavy atom. The summed E-state index contributed by atoms with van der Waals surface area (Å²) in [5.41, 5.74) is 0.683. The molecule has 2 amide bonds. The van der Waals surface area contributed by atoms with Crippen molar-refractivity contribution in [3.63, 3.8) is 0 Å². The van der Waals surface area contributed by atoms with Gasteiger partial charge in [0.05, 0.1) is 12.5 Å². The van der Waals surface area contributed by atoms with Gasteiger partial charge in [-0.15, -0.1) is 12.4 Å². The Morgan fingerprint density at radius 2 is 2.07 bits per heavy atom. The van der Waals surface area contributed by atoms with Gasteiger partial charge in [0.25, 0.3) is 5.91 Å². The van der Waals surface area contributed by atoms with E-state index >= 15 is 0 Å². The second kappa shape index (κ2) is 10.7. The first-order valence-corrected chi connectivity index (χ1v) is 10.1. The molecule has 1 aromatic carbocycles. The van der Waals surface area contributed by atoms with Crippen LogP contribution in [0.1, 0.15) is 38.2 Å². The monoisotopic (exact) mass is 425 g/mol. The van der Waals surface area contributed by atoms with Gasteiger partial charge in [0, 0.05) is 19.6 Å². The molecule has 8 heteroatoms. The molecule has 0 aromatic heterocycles. The highest BCUT2D eigenvalue weighted by Crippen LogP contribution is 2.44. The van der Waals surface area contributed by atoms with E-state index in [2.05, 4.69) is 16.0 Å². The van der Waals surface area contributed by atoms with Gasteiger partial charge in [-0.05, 0) is 49.9 Å². The number of hydrogen-bond acceptors (Lipinski definition) is 5. The van der Waals surface area contributed by atoms with E-state index in [0.29, 0.717) is 30.5 Å². The van der Waals surface area contributed by atoms with Crippen LogP contribution in [0, 0.1) is 11.3 Å². The van der Waals surface area contributed by atoms with Crippen LogP contribution in [0.5, 0.6) is 11.5 Å². The molecular formula is C21H32ClN3O4. The molecule has 1 aliphatic heterocycles. The summed E-state index contributed by atoms with van der Waals surface area (Å²) < 4.78 is 10.9. The van der Waals surface area contributed by atoms with Crippen molar-refractivity contribution in [2.24, 2.45) is 11.3 Å². The maximum atomic E-state index is 13.0. The Hall–Kier alpha value is -1.99. The molecule has 1 saturated heterocycles. The van der Waals surface area contributed by atoms with Crippen LogP contribution < -0.4 is 25.4 Å². The molecule has 7 nitrogen and oxygen atoms in total. The molecule has 0 radical (unpaired) electrons. The fraction of sp³-hybridized carbons (Fsp3) is 0.619. The lowest BCUT2D eigenvalue weighted by atomic mass is 9.67. The number of halogens is 1. The summed E-state index contributed by atoms with van der Waals surface area (Å²) >= 11 is 0. The van der Waals surface area contributed by atoms with Crippen molar-refractivity contribution < 1.29 is 19.1 Å². The Bertz CT molecular complexity index is 715. The number of rotatable bonds is 8. The Morgan fingerprint density at radius 3 is 2.83 bits per heavy atom. The minimum absolute atomic E-state index is 0. The third-order valence-corrected chi connectivity index (χ3v) is 5.90. The van der Waals surface area contributed by atoms with Crippen molar-refractivity contribution in [3.05, 3.63) is 23.8 Å². The number of ether oxygens (including phenoxy) is 2. The number of methoxy groups -OCH3 is 1. The van der Waals surface area contributed by atoms with E-state index in [1.165, 1.54) is 6.42 Å². The second-order valence-corrected chi connectivity index (χ2v) is 7.64. The zero-order chi connectivity index (χ0) is 20.0. The van der Waals surface area contributed by atoms with E-state index in [9.17, 15) is 9.59 Å². The normalized spacial score (nSPS) is 22.8. The maximum Gasteiger partial charge on any atom is 0.257 e. The lowest BCUT2D eigenvalue weighted by molar-refractivity contribution is -0.134. The van der Waals surface area contributed by atoms with Gasteiger partial charge in [-0.1, -0.05) is 18.9 Å². The summed E-state index contributed by atoms with van der Waals surface area (Å²) in [6, 6.07) is 5.51. The predicted molar refractivity (Wildman–Crippen MR) is 114 cm³/mol. The van der Waals surface area contributed by atoms with Crippen molar-refractivity contribution in [2.75, 3.05) is 33.4 Å². The highest BCUT2D eigenvalue weighted by molar-refractivity contribution is 5.85. The van der Waals surface area contributed by atoms with Gasteiger partial charge in [-0.2, -0.15) is 0 Å². The molecule has 2 fully saturated rings. The van der Waals surface area contributed by atoms with Crippen LogP contribution >= 0.6 is 12.4 Å². The van der Waals surface area contributed by atoms with E-state index in [0.717, 1.165) is 37.9 Å². The van der Waals surface area contributed by atoms with Gasteiger partial charge in [0.15, 0.2) is 18.1 Å². The first-order chi connectivity index (χ1) is 13.6. The second-order valence-electron chi connectivity index (χ2n) is 7.64. The largest absolute Gasteiger partial charge is 0.493 e. The van der Waals surface area contributed by atoms with Crippen LogP contribution in [-0.2, 0) is 16.1 Å². The van der Waals surface area contributed by atoms with E-state index in [4.69, 9.17) is 9.47 Å². The quantitative estimate of drug-likeness (QED) is 0.593. The number of fused-ring (bicyclic) bond motifs is 1. The molecule has 1 saturated carbocycles. The van der Waals surface area contributed by atoms with Crippen molar-refractivity contribution in [3.8, 4) is 11.5 Å². The number of likely N-dealkylation sites (N-methyl/N-ethyl adjacent to an activating group) is 1. The van der Waals surface area contributed by atoms with Gasteiger partial charge in [-0.3, -0.25) is 9.59 Å². The summed E-state index contributed by atoms with van der Waals surface area (Å²) in [7, 11) is 1.56. The van der Waals surface area contributed by atoms with Crippen LogP contribution in [0.2, 0.25) is 0 Å². The highest BCUT2D eigenvalue weighted by atomic mass is 35.5. The third kappa shape index (κ3) is 5.34. The fourth-order valence-electron chi connectivity index (χ4n) is 4.38. The van der Waals surface area contributed by atoms with Crippen LogP contribution in [0.25, 0.3) is 0 Å². The van der Waals surface area contributed by atoms with Crippen molar-refractivity contribution >= 4 is 24.2 Å². The van der Waals surface area contributed by atoms with Gasteiger partial charge in [0.1, 0.15) is 0 Å². The van der Waals surface area contributed by atoms with Crippen LogP contribution in [0.4, 0.5) is 0 Å². The number of carbonyl (C=O) groups excluding carboxylic acids is 2. The van der Waals surface area contributed by atoms with Gasteiger partial charge >= 0.3 is 0 Å². The molecule has 1 heterocycles. The number of carbonyl (C=O) groups is 2. The first-order valence-electron chi connectivity index (χ1n) is 10.1. The zero-order valence-corrected chi connectivity index (χ0v) is 18.0. The van der Waals surface area contributed by atoms with E-state index in [1.54, 1.807) is 13.2 Å². The molecule has 1 aromatic rings. The number of hydrogen-bond donors (Lipinski definition) is 3. The average Bonchev–Trinajstić information content (AvgIpc) is 3.16. The minimum atomic E-state index is -0.252. The minimum Gasteiger partial charge on any atom is -0.493 e. The molecule has 29 heavy (non-hydrogen) atoms. The van der Waals surface area contributed by atoms with Crippen molar-refractivity contribution in [1.29, 1.82) is 0 Å². The van der Waals surface area contributed by atoms with Crippen molar-refractivity contribution in [2.45, 2.75) is 39.2 Å². The van der Waals surface area contributed by atoms with Crippen molar-refractivity contribution in [1.82, 2.24) is 16.0 Å². The predicted octanol–water partition coefficient (Wildman–Crippen LogP) is 2.03. The Balaban J connectivity index is 0.00000300. The van der Waals surface area contributed by atoms with Crippen LogP contribution in [0.15, 0.2) is 18.2 Å². The topological polar surface area (TPSA) is 88.7 Å². The zero-order valence-electron chi connectivity index (χ0n) is 17.2. The molecule has 3 rings (SSSR count). The lowest BCUT2D eigenvalue weighted by Crippen LogP contribution is -2.47. The van der Waals surface area contributed by atoms with Crippen LogP contribution in [0.3, 0.4) is 0 Å². The number of amides is 2. The van der Waals surface area contributed by atoms with Gasteiger partial charge in [-0.25, -0.2) is 0 Å². The smallest absolute Gasteiger partial charge is 0.257 e. The number of nitrogens with one attached hydrogen (secondary N) is 3. The molecule has 162 valence electrons. The Kier molecular flexibility index (Phi) is 8.59. The molecule has 2 aliphatic rings. The fourth-order valence-corrected chi connectivity index (χ4v) is 4.38. The number of benzene rings is 1. The summed E-state index contributed by atoms with van der Waals surface area (Å²) in [5, 5.41) is 9.23. The maximum absolute atomic E-state index is 13.0. The van der Waals surface area contributed by atoms with Gasteiger partial charge in [0.2, 0.25) is 5.91 Å². The SMILES string of the molecule is CCNC(=O)COc1ccc(CNC(=O)[C@@]23CCCC[C@H]2CNC3)cc1OC.Cl. The molecule has 3 N–H and O–H groups in total. The average molecular weight is 426 g/mol. The molecule has 0 spiro atoms. The molecule has 0 unspecified atom stereocenters. The summed E-state index contributed by atoms with van der Waals surface area (Å²) in [6.07, 6.45) is 4.44. The standard InChI is InChI=1S/C21H31N3O4.ClH/c1-3-23-19(25)13-28-17-8-7-15(10-18(17)27-2)11-24-20(26)21-9-5-4-6-16(21)12-22-14-21;/h7-8,10,16,22H,3-6,9,11-14H2,1-2H3,(H,23,25)(H,24,26);1H/t16-,21+;/m0./s1. The molecule has 1 aliphatic carbocycles. The highest BCUT2D eigenvalue weighted by Gasteiger charge is 2.49. The Labute approximate surface area is 178 Å². The molecule has 2 atom stereocenters. The summed E-state index contributed by atoms with van der Waals surface area (Å²) in [6.45, 7) is 4.53. The van der Waals surface area contributed by atoms with E-state index in [1.807, 2.05) is 19.1 Å². The first kappa shape index (κ1) is 23.3. The lowest BCUT2D eigenvalue weighted by Gasteiger charge is -2.37. The summed E-state index contributed by atoms with van der Waals surface area (Å²) in [5.74, 6) is 1.48. The van der Waals surface area contributed by atoms with Gasteiger partial charge < -0.3 is 25.4 Å². The molecular weight excluding hydrogens is 394 g/mol. The van der Waals surface area contributed by atoms with E-state index in [-0.39, 0.29) is 36.2 Å². The van der Waals surface area contributed by atoms with E-state index < -0.39 is 0 Å². The summed E-state index contributed by atoms with van der Waals surface area (Å²) in [4.78, 5) is 24.6.